The number of hydrogen-bond acceptors (Lipinski definition) is 2. The van der Waals surface area contributed by atoms with Crippen LogP contribution in [0.4, 0.5) is 4.39 Å². The molecule has 0 aliphatic carbocycles. The van der Waals surface area contributed by atoms with Crippen LogP contribution >= 0.6 is 0 Å². The molecule has 1 amide bonds. The van der Waals surface area contributed by atoms with Gasteiger partial charge in [-0.1, -0.05) is 42.5 Å². The number of aliphatic hydroxyl groups excluding tert-OH is 1. The Hall–Kier alpha value is -2.20. The van der Waals surface area contributed by atoms with Gasteiger partial charge in [0, 0.05) is 13.0 Å². The van der Waals surface area contributed by atoms with Gasteiger partial charge >= 0.3 is 0 Å². The Bertz CT molecular complexity index is 611. The van der Waals surface area contributed by atoms with Crippen molar-refractivity contribution in [3.05, 3.63) is 71.0 Å². The smallest absolute Gasteiger partial charge is 0.220 e. The number of rotatable bonds is 7. The van der Waals surface area contributed by atoms with Gasteiger partial charge in [0.1, 0.15) is 5.82 Å². The number of nitrogens with one attached hydrogen (secondary N) is 1. The van der Waals surface area contributed by atoms with Gasteiger partial charge in [0.05, 0.1) is 6.61 Å². The maximum Gasteiger partial charge on any atom is 0.220 e. The molecule has 0 unspecified atom stereocenters. The molecule has 0 aromatic heterocycles. The summed E-state index contributed by atoms with van der Waals surface area (Å²) in [5.74, 6) is -0.338. The number of aryl methyl sites for hydroxylation is 1. The Balaban J connectivity index is 1.70. The molecule has 2 rings (SSSR count). The maximum absolute atomic E-state index is 13.4. The maximum atomic E-state index is 13.4. The zero-order valence-corrected chi connectivity index (χ0v) is 12.4. The zero-order chi connectivity index (χ0) is 15.8. The Morgan fingerprint density at radius 2 is 1.68 bits per heavy atom. The summed E-state index contributed by atoms with van der Waals surface area (Å²) in [5.41, 5.74) is 2.54. The monoisotopic (exact) mass is 301 g/mol. The molecule has 2 N–H and O–H groups in total. The lowest BCUT2D eigenvalue weighted by molar-refractivity contribution is -0.121. The highest BCUT2D eigenvalue weighted by molar-refractivity contribution is 5.76. The molecule has 2 aromatic carbocycles. The number of carbonyl (C=O) groups is 1. The van der Waals surface area contributed by atoms with Crippen molar-refractivity contribution in [3.63, 3.8) is 0 Å². The molecule has 0 fully saturated rings. The molecule has 0 saturated carbocycles. The molecule has 22 heavy (non-hydrogen) atoms. The van der Waals surface area contributed by atoms with Crippen molar-refractivity contribution in [3.8, 4) is 0 Å². The Morgan fingerprint density at radius 3 is 2.36 bits per heavy atom. The number of halogens is 1. The van der Waals surface area contributed by atoms with Crippen LogP contribution < -0.4 is 5.32 Å². The van der Waals surface area contributed by atoms with E-state index in [1.807, 2.05) is 24.3 Å². The summed E-state index contributed by atoms with van der Waals surface area (Å²) in [5, 5.41) is 11.8. The predicted molar refractivity (Wildman–Crippen MR) is 83.8 cm³/mol. The van der Waals surface area contributed by atoms with Crippen molar-refractivity contribution in [2.24, 2.45) is 0 Å². The van der Waals surface area contributed by atoms with Crippen LogP contribution in [0.2, 0.25) is 0 Å². The van der Waals surface area contributed by atoms with Gasteiger partial charge in [0.2, 0.25) is 5.91 Å². The van der Waals surface area contributed by atoms with Gasteiger partial charge in [-0.25, -0.2) is 4.39 Å². The Kier molecular flexibility index (Phi) is 6.10. The molecule has 0 saturated heterocycles. The number of aliphatic hydroxyl groups is 1. The predicted octanol–water partition coefficient (Wildman–Crippen LogP) is 2.61. The van der Waals surface area contributed by atoms with E-state index in [1.165, 1.54) is 6.07 Å². The van der Waals surface area contributed by atoms with Gasteiger partial charge in [-0.2, -0.15) is 0 Å². The number of hydrogen-bond donors (Lipinski definition) is 2. The number of benzene rings is 2. The van der Waals surface area contributed by atoms with Crippen LogP contribution in [0, 0.1) is 5.82 Å². The van der Waals surface area contributed by atoms with Crippen molar-refractivity contribution in [1.82, 2.24) is 5.32 Å². The molecule has 4 heteroatoms. The van der Waals surface area contributed by atoms with Gasteiger partial charge in [0.25, 0.3) is 0 Å². The molecule has 0 aliphatic heterocycles. The molecule has 0 spiro atoms. The summed E-state index contributed by atoms with van der Waals surface area (Å²) in [6, 6.07) is 14.1. The summed E-state index contributed by atoms with van der Waals surface area (Å²) in [7, 11) is 0. The standard InChI is InChI=1S/C18H20FNO2/c19-17-4-2-1-3-16(17)9-10-18(22)20-12-11-14-5-7-15(13-21)8-6-14/h1-8,21H,9-13H2,(H,20,22). The van der Waals surface area contributed by atoms with Crippen molar-refractivity contribution in [1.29, 1.82) is 0 Å². The summed E-state index contributed by atoms with van der Waals surface area (Å²) >= 11 is 0. The van der Waals surface area contributed by atoms with Gasteiger partial charge in [-0.05, 0) is 35.6 Å². The second-order valence-corrected chi connectivity index (χ2v) is 5.17. The highest BCUT2D eigenvalue weighted by atomic mass is 19.1. The average Bonchev–Trinajstić information content (AvgIpc) is 2.55. The van der Waals surface area contributed by atoms with E-state index in [0.29, 0.717) is 18.5 Å². The minimum atomic E-state index is -0.265. The minimum absolute atomic E-state index is 0.0348. The first-order valence-corrected chi connectivity index (χ1v) is 7.38. The second-order valence-electron chi connectivity index (χ2n) is 5.17. The highest BCUT2D eigenvalue weighted by Gasteiger charge is 2.05. The Morgan fingerprint density at radius 1 is 1.00 bits per heavy atom. The van der Waals surface area contributed by atoms with Crippen LogP contribution in [-0.2, 0) is 24.2 Å². The molecule has 2 aromatic rings. The van der Waals surface area contributed by atoms with Gasteiger partial charge in [0.15, 0.2) is 0 Å². The van der Waals surface area contributed by atoms with E-state index < -0.39 is 0 Å². The number of amides is 1. The summed E-state index contributed by atoms with van der Waals surface area (Å²) in [6.07, 6.45) is 1.42. The first-order chi connectivity index (χ1) is 10.7. The lowest BCUT2D eigenvalue weighted by Gasteiger charge is -2.06. The van der Waals surface area contributed by atoms with Gasteiger partial charge < -0.3 is 10.4 Å². The normalized spacial score (nSPS) is 10.5. The number of carbonyl (C=O) groups excluding carboxylic acids is 1. The third kappa shape index (κ3) is 4.97. The fourth-order valence-corrected chi connectivity index (χ4v) is 2.20. The van der Waals surface area contributed by atoms with Crippen molar-refractivity contribution in [2.75, 3.05) is 6.54 Å². The minimum Gasteiger partial charge on any atom is -0.392 e. The van der Waals surface area contributed by atoms with Crippen molar-refractivity contribution in [2.45, 2.75) is 25.9 Å². The first-order valence-electron chi connectivity index (χ1n) is 7.38. The zero-order valence-electron chi connectivity index (χ0n) is 12.4. The van der Waals surface area contributed by atoms with E-state index in [4.69, 9.17) is 5.11 Å². The van der Waals surface area contributed by atoms with Crippen LogP contribution in [0.15, 0.2) is 48.5 Å². The van der Waals surface area contributed by atoms with Crippen LogP contribution in [-0.4, -0.2) is 17.6 Å². The molecule has 0 heterocycles. The fraction of sp³-hybridized carbons (Fsp3) is 0.278. The molecule has 116 valence electrons. The highest BCUT2D eigenvalue weighted by Crippen LogP contribution is 2.09. The van der Waals surface area contributed by atoms with E-state index in [-0.39, 0.29) is 24.8 Å². The second kappa shape index (κ2) is 8.29. The average molecular weight is 301 g/mol. The topological polar surface area (TPSA) is 49.3 Å². The lowest BCUT2D eigenvalue weighted by Crippen LogP contribution is -2.25. The van der Waals surface area contributed by atoms with Crippen molar-refractivity contribution >= 4 is 5.91 Å². The van der Waals surface area contributed by atoms with E-state index in [1.54, 1.807) is 18.2 Å². The third-order valence-electron chi connectivity index (χ3n) is 3.52. The van der Waals surface area contributed by atoms with E-state index in [9.17, 15) is 9.18 Å². The van der Waals surface area contributed by atoms with E-state index >= 15 is 0 Å². The molecular weight excluding hydrogens is 281 g/mol. The van der Waals surface area contributed by atoms with Gasteiger partial charge in [-0.15, -0.1) is 0 Å². The largest absolute Gasteiger partial charge is 0.392 e. The van der Waals surface area contributed by atoms with Crippen LogP contribution in [0.5, 0.6) is 0 Å². The third-order valence-corrected chi connectivity index (χ3v) is 3.52. The fourth-order valence-electron chi connectivity index (χ4n) is 2.20. The van der Waals surface area contributed by atoms with Crippen LogP contribution in [0.25, 0.3) is 0 Å². The molecule has 3 nitrogen and oxygen atoms in total. The first kappa shape index (κ1) is 16.2. The Labute approximate surface area is 129 Å². The summed E-state index contributed by atoms with van der Waals surface area (Å²) < 4.78 is 13.4. The molecule has 0 radical (unpaired) electrons. The quantitative estimate of drug-likeness (QED) is 0.826. The lowest BCUT2D eigenvalue weighted by atomic mass is 10.1. The van der Waals surface area contributed by atoms with Crippen LogP contribution in [0.3, 0.4) is 0 Å². The molecule has 0 bridgehead atoms. The van der Waals surface area contributed by atoms with Crippen LogP contribution in [0.1, 0.15) is 23.1 Å². The molecule has 0 atom stereocenters. The summed E-state index contributed by atoms with van der Waals surface area (Å²) in [4.78, 5) is 11.8. The summed E-state index contributed by atoms with van der Waals surface area (Å²) in [6.45, 7) is 0.585. The van der Waals surface area contributed by atoms with E-state index in [0.717, 1.165) is 17.5 Å². The molecule has 0 aliphatic rings. The van der Waals surface area contributed by atoms with E-state index in [2.05, 4.69) is 5.32 Å². The SMILES string of the molecule is O=C(CCc1ccccc1F)NCCc1ccc(CO)cc1. The van der Waals surface area contributed by atoms with Gasteiger partial charge in [-0.3, -0.25) is 4.79 Å². The van der Waals surface area contributed by atoms with Crippen molar-refractivity contribution < 1.29 is 14.3 Å². The molecular formula is C18H20FNO2.